The van der Waals surface area contributed by atoms with Crippen LogP contribution >= 0.6 is 39.0 Å². The van der Waals surface area contributed by atoms with Gasteiger partial charge in [-0.2, -0.15) is 5.26 Å². The highest BCUT2D eigenvalue weighted by Gasteiger charge is 2.53. The van der Waals surface area contributed by atoms with Crippen LogP contribution in [-0.4, -0.2) is 53.5 Å². The van der Waals surface area contributed by atoms with Crippen molar-refractivity contribution < 1.29 is 14.2 Å². The molecule has 1 aromatic carbocycles. The number of thiazole rings is 1. The number of benzene rings is 1. The number of halogens is 1. The minimum absolute atomic E-state index is 0.116. The molecule has 0 saturated carbocycles. The smallest absolute Gasteiger partial charge is 0.140 e. The molecule has 0 amide bonds. The summed E-state index contributed by atoms with van der Waals surface area (Å²) in [5.74, 6) is 6.45. The van der Waals surface area contributed by atoms with E-state index in [1.165, 1.54) is 23.1 Å². The van der Waals surface area contributed by atoms with Gasteiger partial charge in [0.25, 0.3) is 0 Å². The molecule has 0 radical (unpaired) electrons. The van der Waals surface area contributed by atoms with E-state index in [-0.39, 0.29) is 23.7 Å². The lowest BCUT2D eigenvalue weighted by Gasteiger charge is -2.53. The Kier molecular flexibility index (Phi) is 6.88. The largest absolute Gasteiger partial charge is 0.395 e. The van der Waals surface area contributed by atoms with E-state index in [1.807, 2.05) is 24.4 Å². The Morgan fingerprint density at radius 1 is 1.52 bits per heavy atom. The monoisotopic (exact) mass is 523 g/mol. The number of hydrogen-bond donors (Lipinski definition) is 2. The van der Waals surface area contributed by atoms with E-state index in [0.29, 0.717) is 22.9 Å². The van der Waals surface area contributed by atoms with Gasteiger partial charge in [-0.25, -0.2) is 10.8 Å². The predicted molar refractivity (Wildman–Crippen MR) is 123 cm³/mol. The van der Waals surface area contributed by atoms with Crippen LogP contribution in [0.5, 0.6) is 0 Å². The van der Waals surface area contributed by atoms with Crippen LogP contribution in [0, 0.1) is 18.3 Å². The zero-order valence-corrected chi connectivity index (χ0v) is 20.1. The zero-order chi connectivity index (χ0) is 22.1. The lowest BCUT2D eigenvalue weighted by atomic mass is 9.93. The number of hydrazine groups is 1. The van der Waals surface area contributed by atoms with Crippen molar-refractivity contribution >= 4 is 44.7 Å². The van der Waals surface area contributed by atoms with Crippen molar-refractivity contribution in [2.75, 3.05) is 13.7 Å². The van der Waals surface area contributed by atoms with Gasteiger partial charge in [-0.1, -0.05) is 27.7 Å². The summed E-state index contributed by atoms with van der Waals surface area (Å²) in [6, 6.07) is 7.42. The van der Waals surface area contributed by atoms with Gasteiger partial charge >= 0.3 is 0 Å². The summed E-state index contributed by atoms with van der Waals surface area (Å²) in [6.45, 7) is 2.40. The lowest BCUT2D eigenvalue weighted by molar-refractivity contribution is -0.272. The molecule has 11 heteroatoms. The lowest BCUT2D eigenvalue weighted by Crippen LogP contribution is -2.70. The van der Waals surface area contributed by atoms with E-state index in [2.05, 4.69) is 27.0 Å². The Bertz CT molecular complexity index is 1030. The molecule has 5 unspecified atom stereocenters. The van der Waals surface area contributed by atoms with E-state index in [9.17, 15) is 5.26 Å². The Morgan fingerprint density at radius 3 is 2.94 bits per heavy atom. The fraction of sp³-hybridized carbons (Fsp3) is 0.400. The summed E-state index contributed by atoms with van der Waals surface area (Å²) in [4.78, 5) is 5.21. The average Bonchev–Trinajstić information content (AvgIpc) is 3.16. The predicted octanol–water partition coefficient (Wildman–Crippen LogP) is 2.82. The second kappa shape index (κ2) is 9.46. The van der Waals surface area contributed by atoms with Gasteiger partial charge in [0.05, 0.1) is 17.9 Å². The van der Waals surface area contributed by atoms with Gasteiger partial charge in [-0.15, -0.1) is 11.3 Å². The minimum atomic E-state index is -0.427. The molecule has 2 fully saturated rings. The minimum Gasteiger partial charge on any atom is -0.395 e. The molecule has 2 aromatic rings. The molecule has 5 atom stereocenters. The van der Waals surface area contributed by atoms with Crippen LogP contribution in [0.3, 0.4) is 0 Å². The molecule has 164 valence electrons. The van der Waals surface area contributed by atoms with Gasteiger partial charge in [0.15, 0.2) is 0 Å². The molecule has 3 heterocycles. The van der Waals surface area contributed by atoms with Crippen LogP contribution in [0.15, 0.2) is 39.1 Å². The standard InChI is InChI=1S/C20H22BrN5O3S2/c1-10-9-30-19(25-10)13(23)7-26(24)16-17-14(8-28-17)29-20(18(16)27-2)31-15-5-12(21)4-3-11(15)6-22/h3-5,7,9,14,16-18,20H,8,23-24H2,1-2H3/b13-7-. The molecule has 0 aliphatic carbocycles. The third kappa shape index (κ3) is 4.61. The van der Waals surface area contributed by atoms with Crippen LogP contribution in [0.2, 0.25) is 0 Å². The number of nitriles is 1. The third-order valence-corrected chi connectivity index (χ3v) is 7.85. The van der Waals surface area contributed by atoms with Crippen molar-refractivity contribution in [2.24, 2.45) is 11.6 Å². The normalized spacial score (nSPS) is 27.8. The highest BCUT2D eigenvalue weighted by molar-refractivity contribution is 9.10. The fourth-order valence-corrected chi connectivity index (χ4v) is 6.13. The number of methoxy groups -OCH3 is 1. The number of thioether (sulfide) groups is 1. The van der Waals surface area contributed by atoms with E-state index >= 15 is 0 Å². The van der Waals surface area contributed by atoms with Crippen molar-refractivity contribution in [1.82, 2.24) is 9.99 Å². The molecule has 4 rings (SSSR count). The molecule has 31 heavy (non-hydrogen) atoms. The third-order valence-electron chi connectivity index (χ3n) is 5.15. The molecule has 4 N–H and O–H groups in total. The molecule has 1 aromatic heterocycles. The van der Waals surface area contributed by atoms with Crippen LogP contribution in [-0.2, 0) is 14.2 Å². The number of aromatic nitrogens is 1. The van der Waals surface area contributed by atoms with Crippen molar-refractivity contribution in [3.8, 4) is 6.07 Å². The molecule has 2 saturated heterocycles. The summed E-state index contributed by atoms with van der Waals surface area (Å²) in [5.41, 5.74) is 7.81. The SMILES string of the molecule is COC1C(Sc2cc(Br)ccc2C#N)OC2COC2C1N(N)/C=C(\N)c1nc(C)cs1. The number of nitrogens with zero attached hydrogens (tertiary/aromatic N) is 3. The summed E-state index contributed by atoms with van der Waals surface area (Å²) in [6.07, 6.45) is 0.881. The van der Waals surface area contributed by atoms with Crippen molar-refractivity contribution in [3.63, 3.8) is 0 Å². The van der Waals surface area contributed by atoms with Crippen molar-refractivity contribution in [3.05, 3.63) is 50.5 Å². The zero-order valence-electron chi connectivity index (χ0n) is 16.9. The topological polar surface area (TPSA) is 120 Å². The van der Waals surface area contributed by atoms with Gasteiger partial charge in [0.1, 0.15) is 40.9 Å². The number of fused-ring (bicyclic) bond motifs is 1. The molecule has 0 spiro atoms. The Hall–Kier alpha value is -1.65. The first kappa shape index (κ1) is 22.5. The summed E-state index contributed by atoms with van der Waals surface area (Å²) < 4.78 is 18.7. The van der Waals surface area contributed by atoms with Gasteiger partial charge in [-0.05, 0) is 25.1 Å². The molecule has 8 nitrogen and oxygen atoms in total. The average molecular weight is 524 g/mol. The van der Waals surface area contributed by atoms with Crippen LogP contribution in [0.1, 0.15) is 16.3 Å². The highest BCUT2D eigenvalue weighted by atomic mass is 79.9. The molecule has 2 aliphatic rings. The Morgan fingerprint density at radius 2 is 2.32 bits per heavy atom. The van der Waals surface area contributed by atoms with Gasteiger partial charge in [0, 0.05) is 33.8 Å². The maximum absolute atomic E-state index is 9.49. The van der Waals surface area contributed by atoms with E-state index in [1.54, 1.807) is 24.4 Å². The van der Waals surface area contributed by atoms with Crippen molar-refractivity contribution in [1.29, 1.82) is 5.26 Å². The first-order valence-electron chi connectivity index (χ1n) is 9.50. The maximum atomic E-state index is 9.49. The first-order chi connectivity index (χ1) is 14.9. The number of nitrogens with two attached hydrogens (primary N) is 2. The quantitative estimate of drug-likeness (QED) is 0.434. The van der Waals surface area contributed by atoms with Crippen molar-refractivity contribution in [2.45, 2.75) is 41.6 Å². The van der Waals surface area contributed by atoms with E-state index < -0.39 is 6.10 Å². The van der Waals surface area contributed by atoms with E-state index in [0.717, 1.165) is 15.1 Å². The number of aryl methyl sites for hydroxylation is 1. The summed E-state index contributed by atoms with van der Waals surface area (Å²) >= 11 is 6.38. The highest BCUT2D eigenvalue weighted by Crippen LogP contribution is 2.41. The Balaban J connectivity index is 1.60. The van der Waals surface area contributed by atoms with Crippen LogP contribution < -0.4 is 11.6 Å². The summed E-state index contributed by atoms with van der Waals surface area (Å²) in [7, 11) is 1.62. The van der Waals surface area contributed by atoms with Crippen LogP contribution in [0.4, 0.5) is 0 Å². The first-order valence-corrected chi connectivity index (χ1v) is 12.1. The Labute approximate surface area is 197 Å². The van der Waals surface area contributed by atoms with Crippen LogP contribution in [0.25, 0.3) is 5.70 Å². The molecular formula is C20H22BrN5O3S2. The number of rotatable bonds is 6. The fourth-order valence-electron chi connectivity index (χ4n) is 3.60. The van der Waals surface area contributed by atoms with Gasteiger partial charge in [-0.3, -0.25) is 0 Å². The second-order valence-corrected chi connectivity index (χ2v) is 10.1. The summed E-state index contributed by atoms with van der Waals surface area (Å²) in [5, 5.41) is 13.7. The number of hydrogen-bond acceptors (Lipinski definition) is 10. The number of ether oxygens (including phenoxy) is 3. The molecular weight excluding hydrogens is 502 g/mol. The van der Waals surface area contributed by atoms with Gasteiger partial charge in [0.2, 0.25) is 0 Å². The second-order valence-electron chi connectivity index (χ2n) is 7.23. The maximum Gasteiger partial charge on any atom is 0.140 e. The van der Waals surface area contributed by atoms with Gasteiger partial charge < -0.3 is 25.0 Å². The molecule has 0 bridgehead atoms. The van der Waals surface area contributed by atoms with E-state index in [4.69, 9.17) is 25.8 Å². The molecule has 2 aliphatic heterocycles.